The Labute approximate surface area is 286 Å². The molecule has 3 unspecified atom stereocenters. The first-order valence-corrected chi connectivity index (χ1v) is 16.5. The highest BCUT2D eigenvalue weighted by Crippen LogP contribution is 2.36. The van der Waals surface area contributed by atoms with Crippen molar-refractivity contribution < 1.29 is 52.3 Å². The van der Waals surface area contributed by atoms with Gasteiger partial charge in [-0.15, -0.1) is 0 Å². The van der Waals surface area contributed by atoms with Gasteiger partial charge in [0.1, 0.15) is 30.8 Å². The number of ether oxygens (including phenoxy) is 7. The maximum atomic E-state index is 13.1. The molecule has 0 bridgehead atoms. The minimum absolute atomic E-state index is 0.0319. The second kappa shape index (κ2) is 18.7. The van der Waals surface area contributed by atoms with Crippen molar-refractivity contribution in [2.45, 2.75) is 46.1 Å². The van der Waals surface area contributed by atoms with Crippen LogP contribution in [0.2, 0.25) is 0 Å². The van der Waals surface area contributed by atoms with Crippen LogP contribution in [0.25, 0.3) is 10.8 Å². The molecule has 3 atom stereocenters. The van der Waals surface area contributed by atoms with Crippen LogP contribution in [0, 0.1) is 17.8 Å². The molecule has 0 heterocycles. The van der Waals surface area contributed by atoms with Gasteiger partial charge < -0.3 is 33.2 Å². The van der Waals surface area contributed by atoms with Gasteiger partial charge in [0.15, 0.2) is 0 Å². The average Bonchev–Trinajstić information content (AvgIpc) is 3.08. The topological polar surface area (TPSA) is 133 Å². The molecule has 3 aromatic rings. The van der Waals surface area contributed by atoms with E-state index in [1.165, 1.54) is 24.3 Å². The van der Waals surface area contributed by atoms with Crippen LogP contribution in [0.5, 0.6) is 11.5 Å². The lowest BCUT2D eigenvalue weighted by molar-refractivity contribution is -0.139. The maximum absolute atomic E-state index is 13.1. The van der Waals surface area contributed by atoms with Crippen molar-refractivity contribution in [3.63, 3.8) is 0 Å². The highest BCUT2D eigenvalue weighted by molar-refractivity contribution is 5.96. The lowest BCUT2D eigenvalue weighted by atomic mass is 9.75. The molecule has 0 amide bonds. The zero-order valence-corrected chi connectivity index (χ0v) is 28.2. The van der Waals surface area contributed by atoms with E-state index in [9.17, 15) is 19.2 Å². The summed E-state index contributed by atoms with van der Waals surface area (Å²) in [6.45, 7) is 10.9. The van der Waals surface area contributed by atoms with Gasteiger partial charge in [-0.05, 0) is 89.9 Å². The van der Waals surface area contributed by atoms with E-state index in [2.05, 4.69) is 27.4 Å². The van der Waals surface area contributed by atoms with E-state index in [0.29, 0.717) is 29.1 Å². The molecule has 1 fully saturated rings. The molecule has 262 valence electrons. The maximum Gasteiger partial charge on any atom is 0.513 e. The highest BCUT2D eigenvalue weighted by Gasteiger charge is 2.33. The molecule has 0 aromatic heterocycles. The van der Waals surface area contributed by atoms with Crippen molar-refractivity contribution in [2.75, 3.05) is 39.6 Å². The summed E-state index contributed by atoms with van der Waals surface area (Å²) in [4.78, 5) is 48.7. The summed E-state index contributed by atoms with van der Waals surface area (Å²) in [5.41, 5.74) is 0.742. The number of carbonyl (C=O) groups excluding carboxylic acids is 4. The average molecular weight is 677 g/mol. The molecule has 49 heavy (non-hydrogen) atoms. The van der Waals surface area contributed by atoms with Crippen molar-refractivity contribution in [3.05, 3.63) is 84.4 Å². The third-order valence-corrected chi connectivity index (χ3v) is 8.23. The molecule has 1 aliphatic carbocycles. The van der Waals surface area contributed by atoms with E-state index in [1.54, 1.807) is 30.3 Å². The van der Waals surface area contributed by atoms with Gasteiger partial charge in [0, 0.05) is 6.08 Å². The van der Waals surface area contributed by atoms with Crippen LogP contribution in [0.15, 0.2) is 73.3 Å². The summed E-state index contributed by atoms with van der Waals surface area (Å²) in [7, 11) is 0. The van der Waals surface area contributed by atoms with Crippen LogP contribution in [-0.4, -0.2) is 69.8 Å². The minimum atomic E-state index is -0.921. The third-order valence-electron chi connectivity index (χ3n) is 8.23. The second-order valence-electron chi connectivity index (χ2n) is 12.2. The van der Waals surface area contributed by atoms with E-state index in [4.69, 9.17) is 33.2 Å². The largest absolute Gasteiger partial charge is 0.513 e. The smallest absolute Gasteiger partial charge is 0.460 e. The molecule has 0 aliphatic heterocycles. The van der Waals surface area contributed by atoms with Crippen LogP contribution < -0.4 is 9.47 Å². The molecule has 0 spiro atoms. The molecule has 11 nitrogen and oxygen atoms in total. The van der Waals surface area contributed by atoms with Crippen LogP contribution >= 0.6 is 0 Å². The first-order valence-electron chi connectivity index (χ1n) is 16.5. The fourth-order valence-corrected chi connectivity index (χ4v) is 5.59. The Kier molecular flexibility index (Phi) is 14.2. The number of hydrogen-bond acceptors (Lipinski definition) is 11. The quantitative estimate of drug-likeness (QED) is 0.0390. The van der Waals surface area contributed by atoms with Crippen molar-refractivity contribution in [1.82, 2.24) is 0 Å². The highest BCUT2D eigenvalue weighted by atomic mass is 16.7. The fourth-order valence-electron chi connectivity index (χ4n) is 5.59. The van der Waals surface area contributed by atoms with Crippen molar-refractivity contribution in [1.29, 1.82) is 0 Å². The van der Waals surface area contributed by atoms with Gasteiger partial charge in [-0.25, -0.2) is 19.2 Å². The predicted molar refractivity (Wildman–Crippen MR) is 181 cm³/mol. The molecule has 0 N–H and O–H groups in total. The molecular weight excluding hydrogens is 632 g/mol. The van der Waals surface area contributed by atoms with E-state index >= 15 is 0 Å². The Morgan fingerprint density at radius 3 is 2.04 bits per heavy atom. The van der Waals surface area contributed by atoms with Gasteiger partial charge in [0.2, 0.25) is 0 Å². The van der Waals surface area contributed by atoms with Gasteiger partial charge in [-0.3, -0.25) is 0 Å². The Morgan fingerprint density at radius 1 is 0.735 bits per heavy atom. The first kappa shape index (κ1) is 37.1. The van der Waals surface area contributed by atoms with Gasteiger partial charge in [-0.2, -0.15) is 0 Å². The van der Waals surface area contributed by atoms with Crippen LogP contribution in [0.3, 0.4) is 0 Å². The molecular formula is C38H44O11. The number of esters is 3. The Bertz CT molecular complexity index is 1580. The monoisotopic (exact) mass is 676 g/mol. The van der Waals surface area contributed by atoms with Crippen LogP contribution in [-0.2, 0) is 28.5 Å². The Hall–Kier alpha value is -4.74. The Morgan fingerprint density at radius 2 is 1.35 bits per heavy atom. The molecule has 1 saturated carbocycles. The van der Waals surface area contributed by atoms with E-state index < -0.39 is 18.1 Å². The lowest BCUT2D eigenvalue weighted by Crippen LogP contribution is -2.35. The minimum Gasteiger partial charge on any atom is -0.460 e. The van der Waals surface area contributed by atoms with E-state index in [1.807, 2.05) is 6.07 Å². The van der Waals surface area contributed by atoms with Crippen molar-refractivity contribution in [3.8, 4) is 11.5 Å². The Balaban J connectivity index is 1.19. The van der Waals surface area contributed by atoms with E-state index in [0.717, 1.165) is 36.1 Å². The van der Waals surface area contributed by atoms with Crippen molar-refractivity contribution >= 4 is 34.8 Å². The molecule has 3 aromatic carbocycles. The van der Waals surface area contributed by atoms with E-state index in [-0.39, 0.29) is 63.0 Å². The molecule has 0 radical (unpaired) electrons. The summed E-state index contributed by atoms with van der Waals surface area (Å²) >= 11 is 0. The zero-order chi connectivity index (χ0) is 35.2. The second-order valence-corrected chi connectivity index (χ2v) is 12.2. The standard InChI is InChI=1S/C38H44O11/c1-5-35(39)45-20-18-43-16-17-44-19-21-46-38(42)48-31-12-9-27(10-13-31)36(40)47-32-14-11-28-23-30(8-7-29(28)24-32)37(41)49-34-22-26(4)6-15-33(34)25(2)3/h5,7-14,23-26,33-34H,1,6,15-22H2,2-4H3. The van der Waals surface area contributed by atoms with Gasteiger partial charge >= 0.3 is 24.1 Å². The SMILES string of the molecule is C=CC(=O)OCCOCCOCCOC(=O)Oc1ccc(C(=O)Oc2ccc3cc(C(=O)OC4CC(C)CCC4C(C)C)ccc3c2)cc1. The zero-order valence-electron chi connectivity index (χ0n) is 28.2. The fraction of sp³-hybridized carbons (Fsp3) is 0.421. The first-order chi connectivity index (χ1) is 23.6. The third kappa shape index (κ3) is 11.7. The van der Waals surface area contributed by atoms with Gasteiger partial charge in [-0.1, -0.05) is 45.9 Å². The summed E-state index contributed by atoms with van der Waals surface area (Å²) in [5, 5.41) is 1.62. The molecule has 1 aliphatic rings. The summed E-state index contributed by atoms with van der Waals surface area (Å²) in [5.74, 6) is 0.451. The predicted octanol–water partition coefficient (Wildman–Crippen LogP) is 6.95. The molecule has 0 saturated heterocycles. The normalized spacial score (nSPS) is 17.3. The van der Waals surface area contributed by atoms with Crippen molar-refractivity contribution in [2.24, 2.45) is 17.8 Å². The number of carbonyl (C=O) groups is 4. The number of benzene rings is 3. The van der Waals surface area contributed by atoms with Crippen LogP contribution in [0.4, 0.5) is 4.79 Å². The van der Waals surface area contributed by atoms with Gasteiger partial charge in [0.25, 0.3) is 0 Å². The van der Waals surface area contributed by atoms with Gasteiger partial charge in [0.05, 0.1) is 37.6 Å². The van der Waals surface area contributed by atoms with Crippen LogP contribution in [0.1, 0.15) is 60.7 Å². The summed E-state index contributed by atoms with van der Waals surface area (Å²) in [6, 6.07) is 16.4. The summed E-state index contributed by atoms with van der Waals surface area (Å²) in [6.07, 6.45) is 3.18. The number of fused-ring (bicyclic) bond motifs is 1. The summed E-state index contributed by atoms with van der Waals surface area (Å²) < 4.78 is 37.0. The lowest BCUT2D eigenvalue weighted by Gasteiger charge is -2.36. The molecule has 4 rings (SSSR count). The molecule has 11 heteroatoms. The number of rotatable bonds is 16. The number of hydrogen-bond donors (Lipinski definition) is 0.